The summed E-state index contributed by atoms with van der Waals surface area (Å²) in [6, 6.07) is 1.88. The lowest BCUT2D eigenvalue weighted by Crippen LogP contribution is -2.15. The molecule has 0 bridgehead atoms. The first-order valence-corrected chi connectivity index (χ1v) is 8.14. The minimum Gasteiger partial charge on any atom is -0.478 e. The number of aromatic nitrogens is 2. The lowest BCUT2D eigenvalue weighted by molar-refractivity contribution is 0.127. The van der Waals surface area contributed by atoms with Crippen molar-refractivity contribution >= 4 is 5.82 Å². The highest BCUT2D eigenvalue weighted by atomic mass is 16.5. The van der Waals surface area contributed by atoms with Crippen LogP contribution in [-0.4, -0.2) is 29.7 Å². The van der Waals surface area contributed by atoms with Crippen molar-refractivity contribution in [3.63, 3.8) is 0 Å². The summed E-state index contributed by atoms with van der Waals surface area (Å²) in [5.74, 6) is 3.00. The maximum Gasteiger partial charge on any atom is 0.218 e. The zero-order valence-corrected chi connectivity index (χ0v) is 13.2. The predicted molar refractivity (Wildman–Crippen MR) is 83.6 cm³/mol. The van der Waals surface area contributed by atoms with Crippen LogP contribution in [0.3, 0.4) is 0 Å². The summed E-state index contributed by atoms with van der Waals surface area (Å²) in [5, 5.41) is 3.29. The minimum atomic E-state index is 0.428. The van der Waals surface area contributed by atoms with Gasteiger partial charge in [-0.1, -0.05) is 26.2 Å². The first-order chi connectivity index (χ1) is 10.3. The number of anilines is 1. The van der Waals surface area contributed by atoms with E-state index in [9.17, 15) is 0 Å². The van der Waals surface area contributed by atoms with Crippen LogP contribution in [0.5, 0.6) is 5.88 Å². The maximum absolute atomic E-state index is 5.81. The molecule has 0 unspecified atom stereocenters. The van der Waals surface area contributed by atoms with E-state index in [2.05, 4.69) is 22.2 Å². The van der Waals surface area contributed by atoms with Crippen LogP contribution in [0, 0.1) is 5.92 Å². The number of nitrogens with one attached hydrogen (secondary N) is 1. The quantitative estimate of drug-likeness (QED) is 0.716. The Labute approximate surface area is 127 Å². The minimum absolute atomic E-state index is 0.428. The third-order valence-corrected chi connectivity index (χ3v) is 3.74. The molecule has 21 heavy (non-hydrogen) atoms. The summed E-state index contributed by atoms with van der Waals surface area (Å²) in [5.41, 5.74) is 0. The molecule has 5 nitrogen and oxygen atoms in total. The molecule has 0 saturated heterocycles. The van der Waals surface area contributed by atoms with Crippen molar-refractivity contribution in [2.75, 3.05) is 25.1 Å². The molecule has 0 radical (unpaired) electrons. The molecular formula is C16H27N3O2. The Hall–Kier alpha value is -1.36. The summed E-state index contributed by atoms with van der Waals surface area (Å²) >= 11 is 0. The molecule has 0 amide bonds. The number of nitrogens with zero attached hydrogens (tertiary/aromatic N) is 2. The fourth-order valence-corrected chi connectivity index (χ4v) is 2.26. The molecule has 2 rings (SSSR count). The largest absolute Gasteiger partial charge is 0.478 e. The fraction of sp³-hybridized carbons (Fsp3) is 0.750. The van der Waals surface area contributed by atoms with Gasteiger partial charge in [0.2, 0.25) is 5.88 Å². The van der Waals surface area contributed by atoms with E-state index >= 15 is 0 Å². The van der Waals surface area contributed by atoms with Crippen LogP contribution < -0.4 is 10.1 Å². The molecular weight excluding hydrogens is 266 g/mol. The molecule has 0 aliphatic heterocycles. The van der Waals surface area contributed by atoms with Crippen molar-refractivity contribution in [3.8, 4) is 5.88 Å². The van der Waals surface area contributed by atoms with Gasteiger partial charge in [0.25, 0.3) is 0 Å². The Morgan fingerprint density at radius 1 is 1.29 bits per heavy atom. The molecule has 1 aromatic heterocycles. The van der Waals surface area contributed by atoms with E-state index in [4.69, 9.17) is 9.47 Å². The molecule has 1 heterocycles. The fourth-order valence-electron chi connectivity index (χ4n) is 2.26. The molecule has 1 aliphatic carbocycles. The molecule has 1 N–H and O–H groups in total. The van der Waals surface area contributed by atoms with Gasteiger partial charge in [-0.3, -0.25) is 0 Å². The Bertz CT molecular complexity index is 396. The molecule has 0 atom stereocenters. The number of hydrogen-bond donors (Lipinski definition) is 1. The van der Waals surface area contributed by atoms with E-state index in [1.807, 2.05) is 13.0 Å². The van der Waals surface area contributed by atoms with Gasteiger partial charge in [0.15, 0.2) is 5.82 Å². The van der Waals surface area contributed by atoms with Gasteiger partial charge < -0.3 is 14.8 Å². The van der Waals surface area contributed by atoms with Gasteiger partial charge in [-0.2, -0.15) is 4.98 Å². The monoisotopic (exact) mass is 293 g/mol. The van der Waals surface area contributed by atoms with E-state index in [1.165, 1.54) is 19.3 Å². The van der Waals surface area contributed by atoms with Gasteiger partial charge in [0.1, 0.15) is 12.4 Å². The van der Waals surface area contributed by atoms with Gasteiger partial charge in [-0.05, 0) is 25.7 Å². The second-order valence-electron chi connectivity index (χ2n) is 5.51. The van der Waals surface area contributed by atoms with Crippen LogP contribution in [0.25, 0.3) is 0 Å². The summed E-state index contributed by atoms with van der Waals surface area (Å²) in [7, 11) is 0. The van der Waals surface area contributed by atoms with Gasteiger partial charge in [-0.25, -0.2) is 4.98 Å². The zero-order valence-electron chi connectivity index (χ0n) is 13.2. The van der Waals surface area contributed by atoms with Gasteiger partial charge in [0.05, 0.1) is 6.61 Å². The lowest BCUT2D eigenvalue weighted by Gasteiger charge is -2.24. The Morgan fingerprint density at radius 3 is 2.81 bits per heavy atom. The van der Waals surface area contributed by atoms with E-state index in [0.717, 1.165) is 37.7 Å². The van der Waals surface area contributed by atoms with E-state index in [1.54, 1.807) is 0 Å². The van der Waals surface area contributed by atoms with Crippen molar-refractivity contribution in [2.45, 2.75) is 52.6 Å². The zero-order chi connectivity index (χ0) is 14.9. The van der Waals surface area contributed by atoms with Gasteiger partial charge in [-0.15, -0.1) is 0 Å². The summed E-state index contributed by atoms with van der Waals surface area (Å²) in [4.78, 5) is 8.87. The second-order valence-corrected chi connectivity index (χ2v) is 5.51. The summed E-state index contributed by atoms with van der Waals surface area (Å²) in [6.07, 6.45) is 6.27. The topological polar surface area (TPSA) is 56.3 Å². The molecule has 1 aliphatic rings. The van der Waals surface area contributed by atoms with Crippen LogP contribution in [0.2, 0.25) is 0 Å². The molecule has 5 heteroatoms. The maximum atomic E-state index is 5.81. The molecule has 118 valence electrons. The second kappa shape index (κ2) is 8.82. The van der Waals surface area contributed by atoms with Crippen LogP contribution >= 0.6 is 0 Å². The highest BCUT2D eigenvalue weighted by Crippen LogP contribution is 2.29. The smallest absolute Gasteiger partial charge is 0.218 e. The summed E-state index contributed by atoms with van der Waals surface area (Å²) < 4.78 is 11.2. The molecule has 1 saturated carbocycles. The van der Waals surface area contributed by atoms with Crippen molar-refractivity contribution in [1.29, 1.82) is 0 Å². The number of ether oxygens (including phenoxy) is 2. The highest BCUT2D eigenvalue weighted by molar-refractivity contribution is 5.38. The first kappa shape index (κ1) is 16.0. The molecule has 1 aromatic rings. The van der Waals surface area contributed by atoms with Crippen molar-refractivity contribution in [2.24, 2.45) is 5.92 Å². The first-order valence-electron chi connectivity index (χ1n) is 8.14. The average Bonchev–Trinajstić information content (AvgIpc) is 2.45. The van der Waals surface area contributed by atoms with Gasteiger partial charge in [0, 0.05) is 19.2 Å². The van der Waals surface area contributed by atoms with Crippen LogP contribution in [-0.2, 0) is 11.3 Å². The van der Waals surface area contributed by atoms with Crippen LogP contribution in [0.4, 0.5) is 5.82 Å². The van der Waals surface area contributed by atoms with Crippen molar-refractivity contribution < 1.29 is 9.47 Å². The van der Waals surface area contributed by atoms with Crippen LogP contribution in [0.15, 0.2) is 6.07 Å². The predicted octanol–water partition coefficient (Wildman–Crippen LogP) is 3.40. The molecule has 0 aromatic carbocycles. The Kier molecular flexibility index (Phi) is 6.73. The lowest BCUT2D eigenvalue weighted by atomic mass is 9.83. The SMILES string of the molecule is CCCNc1cc(OCCC2CCC2)nc(COCC)n1. The molecule has 0 spiro atoms. The number of hydrogen-bond acceptors (Lipinski definition) is 5. The average molecular weight is 293 g/mol. The summed E-state index contributed by atoms with van der Waals surface area (Å²) in [6.45, 7) is 6.82. The van der Waals surface area contributed by atoms with Gasteiger partial charge >= 0.3 is 0 Å². The van der Waals surface area contributed by atoms with E-state index in [-0.39, 0.29) is 0 Å². The Balaban J connectivity index is 1.91. The van der Waals surface area contributed by atoms with E-state index < -0.39 is 0 Å². The normalized spacial score (nSPS) is 14.8. The van der Waals surface area contributed by atoms with E-state index in [0.29, 0.717) is 24.9 Å². The number of rotatable bonds is 10. The highest BCUT2D eigenvalue weighted by Gasteiger charge is 2.17. The third kappa shape index (κ3) is 5.50. The Morgan fingerprint density at radius 2 is 2.14 bits per heavy atom. The van der Waals surface area contributed by atoms with Crippen LogP contribution in [0.1, 0.15) is 51.8 Å². The van der Waals surface area contributed by atoms with Crippen molar-refractivity contribution in [1.82, 2.24) is 9.97 Å². The van der Waals surface area contributed by atoms with Crippen molar-refractivity contribution in [3.05, 3.63) is 11.9 Å². The third-order valence-electron chi connectivity index (χ3n) is 3.74. The standard InChI is InChI=1S/C16H27N3O2/c1-3-9-17-14-11-16(19-15(18-14)12-20-4-2)21-10-8-13-6-5-7-13/h11,13H,3-10,12H2,1-2H3,(H,17,18,19). The molecule has 1 fully saturated rings.